The molecule has 0 saturated heterocycles. The van der Waals surface area contributed by atoms with Crippen LogP contribution in [-0.2, 0) is 0 Å². The van der Waals surface area contributed by atoms with Crippen LogP contribution < -0.4 is 0 Å². The summed E-state index contributed by atoms with van der Waals surface area (Å²) in [4.78, 5) is 0. The Morgan fingerprint density at radius 2 is 1.37 bits per heavy atom. The predicted molar refractivity (Wildman–Crippen MR) is 82.6 cm³/mol. The van der Waals surface area contributed by atoms with Crippen molar-refractivity contribution in [1.29, 1.82) is 0 Å². The molecule has 0 aromatic heterocycles. The van der Waals surface area contributed by atoms with Crippen molar-refractivity contribution in [2.24, 2.45) is 5.92 Å². The molecule has 0 spiro atoms. The van der Waals surface area contributed by atoms with E-state index in [9.17, 15) is 0 Å². The molecule has 94 valence electrons. The van der Waals surface area contributed by atoms with Crippen LogP contribution in [-0.4, -0.2) is 0 Å². The Morgan fingerprint density at radius 1 is 0.789 bits per heavy atom. The van der Waals surface area contributed by atoms with Crippen LogP contribution in [0.2, 0.25) is 0 Å². The van der Waals surface area contributed by atoms with E-state index < -0.39 is 0 Å². The Hall–Kier alpha value is -2.08. The fraction of sp³-hybridized carbons (Fsp3) is 0.158. The van der Waals surface area contributed by atoms with E-state index in [1.807, 2.05) is 0 Å². The van der Waals surface area contributed by atoms with E-state index in [0.29, 0.717) is 5.92 Å². The van der Waals surface area contributed by atoms with Gasteiger partial charge in [-0.15, -0.1) is 0 Å². The zero-order chi connectivity index (χ0) is 13.1. The summed E-state index contributed by atoms with van der Waals surface area (Å²) >= 11 is 0. The smallest absolute Gasteiger partial charge is 0.0187 e. The largest absolute Gasteiger partial charge is 0.0735 e. The van der Waals surface area contributed by atoms with E-state index in [2.05, 4.69) is 79.7 Å². The molecule has 0 aliphatic heterocycles. The van der Waals surface area contributed by atoms with Crippen molar-refractivity contribution in [3.63, 3.8) is 0 Å². The molecule has 0 nitrogen and oxygen atoms in total. The topological polar surface area (TPSA) is 0 Å². The molecule has 3 rings (SSSR count). The van der Waals surface area contributed by atoms with Gasteiger partial charge in [0.2, 0.25) is 0 Å². The molecular weight excluding hydrogens is 228 g/mol. The number of hydrogen-bond donors (Lipinski definition) is 0. The van der Waals surface area contributed by atoms with Crippen LogP contribution >= 0.6 is 0 Å². The molecule has 19 heavy (non-hydrogen) atoms. The fourth-order valence-electron chi connectivity index (χ4n) is 2.67. The van der Waals surface area contributed by atoms with Gasteiger partial charge in [-0.2, -0.15) is 0 Å². The van der Waals surface area contributed by atoms with Crippen molar-refractivity contribution in [2.75, 3.05) is 0 Å². The van der Waals surface area contributed by atoms with E-state index in [1.54, 1.807) is 0 Å². The first-order valence-corrected chi connectivity index (χ1v) is 6.86. The molecule has 0 N–H and O–H groups in total. The van der Waals surface area contributed by atoms with Gasteiger partial charge in [0, 0.05) is 0 Å². The summed E-state index contributed by atoms with van der Waals surface area (Å²) < 4.78 is 0. The molecule has 1 aliphatic carbocycles. The maximum atomic E-state index is 2.38. The third-order valence-electron chi connectivity index (χ3n) is 3.59. The predicted octanol–water partition coefficient (Wildman–Crippen LogP) is 5.19. The highest BCUT2D eigenvalue weighted by Crippen LogP contribution is 2.33. The maximum Gasteiger partial charge on any atom is -0.0187 e. The minimum atomic E-state index is 0.593. The van der Waals surface area contributed by atoms with Crippen LogP contribution in [0.5, 0.6) is 0 Å². The average molecular weight is 246 g/mol. The molecule has 0 heterocycles. The highest BCUT2D eigenvalue weighted by atomic mass is 14.2. The first-order valence-electron chi connectivity index (χ1n) is 6.86. The summed E-state index contributed by atoms with van der Waals surface area (Å²) in [6.45, 7) is 2.29. The van der Waals surface area contributed by atoms with Crippen LogP contribution in [0.4, 0.5) is 0 Å². The lowest BCUT2D eigenvalue weighted by Gasteiger charge is -2.19. The van der Waals surface area contributed by atoms with Gasteiger partial charge in [-0.25, -0.2) is 0 Å². The molecular formula is C19H18. The van der Waals surface area contributed by atoms with Crippen LogP contribution in [0.25, 0.3) is 11.1 Å². The molecule has 0 fully saturated rings. The van der Waals surface area contributed by atoms with Crippen LogP contribution in [0.1, 0.15) is 24.5 Å². The second-order valence-corrected chi connectivity index (χ2v) is 5.21. The molecule has 0 bridgehead atoms. The van der Waals surface area contributed by atoms with E-state index >= 15 is 0 Å². The molecule has 0 radical (unpaired) electrons. The summed E-state index contributed by atoms with van der Waals surface area (Å²) in [6, 6.07) is 21.3. The minimum absolute atomic E-state index is 0.593. The maximum absolute atomic E-state index is 2.38. The third kappa shape index (κ3) is 2.68. The summed E-state index contributed by atoms with van der Waals surface area (Å²) in [6.07, 6.45) is 5.84. The zero-order valence-corrected chi connectivity index (χ0v) is 11.2. The van der Waals surface area contributed by atoms with Gasteiger partial charge in [0.1, 0.15) is 0 Å². The summed E-state index contributed by atoms with van der Waals surface area (Å²) in [5.41, 5.74) is 5.44. The lowest BCUT2D eigenvalue weighted by Crippen LogP contribution is -2.00. The molecule has 2 aromatic carbocycles. The van der Waals surface area contributed by atoms with E-state index in [4.69, 9.17) is 0 Å². The Balaban J connectivity index is 2.00. The summed E-state index contributed by atoms with van der Waals surface area (Å²) in [5, 5.41) is 0. The molecule has 0 heteroatoms. The van der Waals surface area contributed by atoms with Gasteiger partial charge in [0.25, 0.3) is 0 Å². The Bertz CT molecular complexity index is 603. The van der Waals surface area contributed by atoms with Gasteiger partial charge >= 0.3 is 0 Å². The third-order valence-corrected chi connectivity index (χ3v) is 3.59. The highest BCUT2D eigenvalue weighted by Gasteiger charge is 2.13. The standard InChI is InChI=1S/C19H18/c1-15-12-18(16-8-4-2-5-9-16)14-19(13-15)17-10-6-3-7-11-17/h2-12,14-15H,13H2,1H3/t15-/m1/s1. The van der Waals surface area contributed by atoms with Crippen molar-refractivity contribution in [3.05, 3.63) is 83.9 Å². The normalized spacial score (nSPS) is 18.7. The summed E-state index contributed by atoms with van der Waals surface area (Å²) in [5.74, 6) is 0.593. The van der Waals surface area contributed by atoms with Gasteiger partial charge in [0.15, 0.2) is 0 Å². The lowest BCUT2D eigenvalue weighted by molar-refractivity contribution is 0.752. The second-order valence-electron chi connectivity index (χ2n) is 5.21. The molecule has 1 atom stereocenters. The Labute approximate surface area is 115 Å². The van der Waals surface area contributed by atoms with Crippen molar-refractivity contribution >= 4 is 11.1 Å². The Morgan fingerprint density at radius 3 is 2.00 bits per heavy atom. The zero-order valence-electron chi connectivity index (χ0n) is 11.2. The van der Waals surface area contributed by atoms with E-state index in [1.165, 1.54) is 22.3 Å². The van der Waals surface area contributed by atoms with E-state index in [-0.39, 0.29) is 0 Å². The van der Waals surface area contributed by atoms with Crippen LogP contribution in [0, 0.1) is 5.92 Å². The lowest BCUT2D eigenvalue weighted by atomic mass is 9.85. The SMILES string of the molecule is C[C@@H]1C=C(c2ccccc2)C=C(c2ccccc2)C1. The molecule has 0 amide bonds. The van der Waals surface area contributed by atoms with Gasteiger partial charge < -0.3 is 0 Å². The number of benzene rings is 2. The Kier molecular flexibility index (Phi) is 3.33. The van der Waals surface area contributed by atoms with Crippen molar-refractivity contribution in [2.45, 2.75) is 13.3 Å². The number of rotatable bonds is 2. The van der Waals surface area contributed by atoms with Crippen molar-refractivity contribution < 1.29 is 0 Å². The van der Waals surface area contributed by atoms with Gasteiger partial charge in [-0.3, -0.25) is 0 Å². The molecule has 1 aliphatic rings. The van der Waals surface area contributed by atoms with Crippen molar-refractivity contribution in [3.8, 4) is 0 Å². The van der Waals surface area contributed by atoms with Gasteiger partial charge in [0.05, 0.1) is 0 Å². The second kappa shape index (κ2) is 5.27. The monoisotopic (exact) mass is 246 g/mol. The number of allylic oxidation sites excluding steroid dienone is 4. The fourth-order valence-corrected chi connectivity index (χ4v) is 2.67. The van der Waals surface area contributed by atoms with Gasteiger partial charge in [-0.05, 0) is 34.6 Å². The van der Waals surface area contributed by atoms with Crippen molar-refractivity contribution in [1.82, 2.24) is 0 Å². The average Bonchev–Trinajstić information content (AvgIpc) is 2.48. The minimum Gasteiger partial charge on any atom is -0.0735 e. The first-order chi connectivity index (χ1) is 9.33. The number of hydrogen-bond acceptors (Lipinski definition) is 0. The highest BCUT2D eigenvalue weighted by molar-refractivity contribution is 5.86. The van der Waals surface area contributed by atoms with Gasteiger partial charge in [-0.1, -0.05) is 79.7 Å². The van der Waals surface area contributed by atoms with Crippen LogP contribution in [0.15, 0.2) is 72.8 Å². The van der Waals surface area contributed by atoms with Crippen LogP contribution in [0.3, 0.4) is 0 Å². The first kappa shape index (κ1) is 12.0. The molecule has 2 aromatic rings. The summed E-state index contributed by atoms with van der Waals surface area (Å²) in [7, 11) is 0. The molecule has 0 saturated carbocycles. The van der Waals surface area contributed by atoms with E-state index in [0.717, 1.165) is 6.42 Å². The quantitative estimate of drug-likeness (QED) is 0.683. The molecule has 0 unspecified atom stereocenters.